The number of rotatable bonds is 3. The van der Waals surface area contributed by atoms with Gasteiger partial charge in [-0.1, -0.05) is 11.6 Å². The minimum Gasteiger partial charge on any atom is -0.273 e. The van der Waals surface area contributed by atoms with E-state index in [1.165, 1.54) is 11.6 Å². The molecular weight excluding hydrogens is 284 g/mol. The van der Waals surface area contributed by atoms with Crippen molar-refractivity contribution in [1.29, 1.82) is 0 Å². The molecule has 2 aromatic heterocycles. The number of aromatic nitrogens is 5. The number of hydrogen-bond acceptors (Lipinski definition) is 7. The Labute approximate surface area is 108 Å². The zero-order valence-corrected chi connectivity index (χ0v) is 10.4. The molecule has 2 rings (SSSR count). The topological polar surface area (TPSA) is 120 Å². The standard InChI is InChI=1S/C7H5ClN6O3S/c1-13-6(15)11-12-7(13)18-5-3(14(16)17)4(8)9-2-10-5/h2H,1H3,(H,11,15). The molecule has 0 aromatic carbocycles. The Bertz CT molecular complexity index is 667. The number of aromatic amines is 1. The highest BCUT2D eigenvalue weighted by Crippen LogP contribution is 2.34. The molecule has 11 heteroatoms. The van der Waals surface area contributed by atoms with Crippen molar-refractivity contribution in [2.45, 2.75) is 10.2 Å². The first-order chi connectivity index (χ1) is 8.50. The van der Waals surface area contributed by atoms with Crippen molar-refractivity contribution >= 4 is 29.1 Å². The molecule has 0 saturated heterocycles. The maximum atomic E-state index is 11.2. The second-order valence-corrected chi connectivity index (χ2v) is 4.36. The zero-order valence-electron chi connectivity index (χ0n) is 8.82. The first-order valence-corrected chi connectivity index (χ1v) is 5.64. The minimum absolute atomic E-state index is 0.0158. The van der Waals surface area contributed by atoms with E-state index in [-0.39, 0.29) is 15.3 Å². The van der Waals surface area contributed by atoms with E-state index in [4.69, 9.17) is 11.6 Å². The number of nitro groups is 1. The van der Waals surface area contributed by atoms with Gasteiger partial charge in [0.2, 0.25) is 5.15 Å². The van der Waals surface area contributed by atoms with Crippen molar-refractivity contribution in [2.24, 2.45) is 7.05 Å². The Hall–Kier alpha value is -1.94. The molecule has 0 atom stereocenters. The van der Waals surface area contributed by atoms with Gasteiger partial charge in [-0.3, -0.25) is 14.7 Å². The third-order valence-electron chi connectivity index (χ3n) is 1.95. The number of halogens is 1. The summed E-state index contributed by atoms with van der Waals surface area (Å²) in [5.74, 6) is 0. The van der Waals surface area contributed by atoms with Gasteiger partial charge in [0, 0.05) is 7.05 Å². The second-order valence-electron chi connectivity index (χ2n) is 3.05. The summed E-state index contributed by atoms with van der Waals surface area (Å²) in [5, 5.41) is 16.8. The van der Waals surface area contributed by atoms with Crippen molar-refractivity contribution in [2.75, 3.05) is 0 Å². The van der Waals surface area contributed by atoms with Crippen LogP contribution in [0.3, 0.4) is 0 Å². The van der Waals surface area contributed by atoms with E-state index in [9.17, 15) is 14.9 Å². The van der Waals surface area contributed by atoms with Crippen LogP contribution in [-0.4, -0.2) is 29.7 Å². The van der Waals surface area contributed by atoms with Crippen molar-refractivity contribution in [3.8, 4) is 0 Å². The molecule has 0 amide bonds. The molecule has 0 aliphatic rings. The monoisotopic (exact) mass is 288 g/mol. The Balaban J connectivity index is 2.47. The Morgan fingerprint density at radius 1 is 1.56 bits per heavy atom. The molecule has 0 radical (unpaired) electrons. The molecule has 1 N–H and O–H groups in total. The van der Waals surface area contributed by atoms with Gasteiger partial charge in [0.25, 0.3) is 0 Å². The van der Waals surface area contributed by atoms with Crippen LogP contribution >= 0.6 is 23.4 Å². The van der Waals surface area contributed by atoms with Crippen LogP contribution < -0.4 is 5.69 Å². The lowest BCUT2D eigenvalue weighted by Crippen LogP contribution is -2.12. The van der Waals surface area contributed by atoms with Crippen LogP contribution in [0.5, 0.6) is 0 Å². The molecule has 0 aliphatic carbocycles. The second kappa shape index (κ2) is 4.74. The third-order valence-corrected chi connectivity index (χ3v) is 3.27. The summed E-state index contributed by atoms with van der Waals surface area (Å²) < 4.78 is 1.20. The fourth-order valence-corrected chi connectivity index (χ4v) is 2.19. The summed E-state index contributed by atoms with van der Waals surface area (Å²) in [6, 6.07) is 0. The first kappa shape index (κ1) is 12.5. The predicted molar refractivity (Wildman–Crippen MR) is 61.6 cm³/mol. The smallest absolute Gasteiger partial charge is 0.273 e. The lowest BCUT2D eigenvalue weighted by atomic mass is 10.5. The van der Waals surface area contributed by atoms with E-state index in [0.717, 1.165) is 18.1 Å². The minimum atomic E-state index is -0.685. The Morgan fingerprint density at radius 2 is 2.28 bits per heavy atom. The fourth-order valence-electron chi connectivity index (χ4n) is 1.08. The molecule has 0 spiro atoms. The first-order valence-electron chi connectivity index (χ1n) is 4.45. The molecular formula is C7H5ClN6O3S. The molecule has 18 heavy (non-hydrogen) atoms. The highest BCUT2D eigenvalue weighted by atomic mass is 35.5. The molecule has 2 heterocycles. The molecule has 0 bridgehead atoms. The van der Waals surface area contributed by atoms with Gasteiger partial charge in [0.15, 0.2) is 10.2 Å². The summed E-state index contributed by atoms with van der Waals surface area (Å²) in [4.78, 5) is 28.6. The van der Waals surface area contributed by atoms with Crippen LogP contribution in [0.15, 0.2) is 21.3 Å². The van der Waals surface area contributed by atoms with E-state index >= 15 is 0 Å². The molecule has 0 aliphatic heterocycles. The quantitative estimate of drug-likeness (QED) is 0.499. The van der Waals surface area contributed by atoms with Crippen molar-refractivity contribution < 1.29 is 4.92 Å². The maximum absolute atomic E-state index is 11.2. The van der Waals surface area contributed by atoms with E-state index in [2.05, 4.69) is 20.2 Å². The van der Waals surface area contributed by atoms with Gasteiger partial charge in [-0.15, -0.1) is 5.10 Å². The fraction of sp³-hybridized carbons (Fsp3) is 0.143. The molecule has 2 aromatic rings. The third kappa shape index (κ3) is 2.19. The van der Waals surface area contributed by atoms with Crippen molar-refractivity contribution in [3.63, 3.8) is 0 Å². The van der Waals surface area contributed by atoms with Gasteiger partial charge in [0.1, 0.15) is 6.33 Å². The molecule has 94 valence electrons. The van der Waals surface area contributed by atoms with Gasteiger partial charge in [0.05, 0.1) is 4.92 Å². The van der Waals surface area contributed by atoms with Crippen LogP contribution in [0.2, 0.25) is 5.15 Å². The average molecular weight is 289 g/mol. The number of nitrogens with one attached hydrogen (secondary N) is 1. The van der Waals surface area contributed by atoms with Crippen LogP contribution in [0.1, 0.15) is 0 Å². The van der Waals surface area contributed by atoms with E-state index in [0.29, 0.717) is 0 Å². The van der Waals surface area contributed by atoms with E-state index in [1.807, 2.05) is 0 Å². The van der Waals surface area contributed by atoms with Crippen LogP contribution in [-0.2, 0) is 7.05 Å². The van der Waals surface area contributed by atoms with Gasteiger partial charge in [-0.25, -0.2) is 19.9 Å². The SMILES string of the molecule is Cn1c(Sc2ncnc(Cl)c2[N+](=O)[O-])n[nH]c1=O. The number of H-pyrrole nitrogens is 1. The van der Waals surface area contributed by atoms with E-state index in [1.54, 1.807) is 0 Å². The molecule has 0 fully saturated rings. The summed E-state index contributed by atoms with van der Waals surface area (Å²) >= 11 is 6.48. The highest BCUT2D eigenvalue weighted by Gasteiger charge is 2.23. The normalized spacial score (nSPS) is 10.6. The molecule has 9 nitrogen and oxygen atoms in total. The summed E-state index contributed by atoms with van der Waals surface area (Å²) in [7, 11) is 1.47. The van der Waals surface area contributed by atoms with Crippen LogP contribution in [0.25, 0.3) is 0 Å². The summed E-state index contributed by atoms with van der Waals surface area (Å²) in [6.07, 6.45) is 1.10. The number of nitrogens with zero attached hydrogens (tertiary/aromatic N) is 5. The molecule has 0 unspecified atom stereocenters. The van der Waals surface area contributed by atoms with Gasteiger partial charge in [-0.2, -0.15) is 0 Å². The van der Waals surface area contributed by atoms with Gasteiger partial charge >= 0.3 is 11.4 Å². The Kier molecular flexibility index (Phi) is 3.30. The average Bonchev–Trinajstić information content (AvgIpc) is 2.60. The van der Waals surface area contributed by atoms with Gasteiger partial charge in [-0.05, 0) is 11.8 Å². The van der Waals surface area contributed by atoms with E-state index < -0.39 is 16.3 Å². The Morgan fingerprint density at radius 3 is 2.83 bits per heavy atom. The largest absolute Gasteiger partial charge is 0.343 e. The predicted octanol–water partition coefficient (Wildman–Crippen LogP) is 0.611. The lowest BCUT2D eigenvalue weighted by Gasteiger charge is -2.01. The maximum Gasteiger partial charge on any atom is 0.343 e. The highest BCUT2D eigenvalue weighted by molar-refractivity contribution is 7.99. The van der Waals surface area contributed by atoms with Crippen molar-refractivity contribution in [3.05, 3.63) is 32.1 Å². The lowest BCUT2D eigenvalue weighted by molar-refractivity contribution is -0.388. The molecule has 0 saturated carbocycles. The number of hydrogen-bond donors (Lipinski definition) is 1. The summed E-state index contributed by atoms with van der Waals surface area (Å²) in [6.45, 7) is 0. The van der Waals surface area contributed by atoms with Crippen LogP contribution in [0.4, 0.5) is 5.69 Å². The van der Waals surface area contributed by atoms with Crippen LogP contribution in [0, 0.1) is 10.1 Å². The van der Waals surface area contributed by atoms with Gasteiger partial charge < -0.3 is 0 Å². The zero-order chi connectivity index (χ0) is 13.3. The van der Waals surface area contributed by atoms with Crippen molar-refractivity contribution in [1.82, 2.24) is 24.7 Å². The summed E-state index contributed by atoms with van der Waals surface area (Å²) in [5.41, 5.74) is -0.847.